The van der Waals surface area contributed by atoms with Crippen LogP contribution in [0, 0.1) is 50.7 Å². The maximum Gasteiger partial charge on any atom is 0.186 e. The Morgan fingerprint density at radius 1 is 0.688 bits per heavy atom. The van der Waals surface area contributed by atoms with E-state index in [4.69, 9.17) is 28.4 Å². The zero-order valence-electron chi connectivity index (χ0n) is 38.4. The van der Waals surface area contributed by atoms with Crippen LogP contribution in [-0.4, -0.2) is 191 Å². The van der Waals surface area contributed by atoms with E-state index in [1.165, 1.54) is 0 Å². The predicted octanol–water partition coefficient (Wildman–Crippen LogP) is -0.973. The first-order valence-electron chi connectivity index (χ1n) is 23.8. The lowest BCUT2D eigenvalue weighted by molar-refractivity contribution is -0.360. The third-order valence-electron chi connectivity index (χ3n) is 19.0. The van der Waals surface area contributed by atoms with E-state index in [-0.39, 0.29) is 58.5 Å². The Morgan fingerprint density at radius 3 is 1.98 bits per heavy atom. The van der Waals surface area contributed by atoms with E-state index in [9.17, 15) is 61.3 Å². The van der Waals surface area contributed by atoms with Crippen molar-refractivity contribution >= 4 is 0 Å². The summed E-state index contributed by atoms with van der Waals surface area (Å²) in [5.41, 5.74) is -3.06. The van der Waals surface area contributed by atoms with Crippen LogP contribution in [0.15, 0.2) is 0 Å². The molecule has 8 rings (SSSR count). The minimum Gasteiger partial charge on any atom is -0.394 e. The van der Waals surface area contributed by atoms with E-state index in [0.717, 1.165) is 19.3 Å². The molecule has 0 aromatic carbocycles. The number of ether oxygens (including phenoxy) is 6. The van der Waals surface area contributed by atoms with Crippen LogP contribution in [0.5, 0.6) is 0 Å². The second-order valence-corrected chi connectivity index (χ2v) is 23.1. The second-order valence-electron chi connectivity index (χ2n) is 23.1. The molecule has 3 aliphatic heterocycles. The van der Waals surface area contributed by atoms with Crippen molar-refractivity contribution in [2.75, 3.05) is 19.8 Å². The van der Waals surface area contributed by atoms with Gasteiger partial charge in [-0.05, 0) is 122 Å². The van der Waals surface area contributed by atoms with Gasteiger partial charge in [0.25, 0.3) is 0 Å². The molecule has 64 heavy (non-hydrogen) atoms. The molecule has 0 radical (unpaired) electrons. The first-order valence-corrected chi connectivity index (χ1v) is 23.8. The normalized spacial score (nSPS) is 54.5. The summed E-state index contributed by atoms with van der Waals surface area (Å²) in [6, 6.07) is 0. The third kappa shape index (κ3) is 7.68. The van der Waals surface area contributed by atoms with E-state index in [2.05, 4.69) is 34.6 Å². The molecule has 3 heterocycles. The fraction of sp³-hybridized carbons (Fsp3) is 1.00. The van der Waals surface area contributed by atoms with Crippen LogP contribution in [0.1, 0.15) is 106 Å². The van der Waals surface area contributed by atoms with Crippen LogP contribution >= 0.6 is 0 Å². The molecule has 5 saturated carbocycles. The largest absolute Gasteiger partial charge is 0.394 e. The lowest BCUT2D eigenvalue weighted by Gasteiger charge is -2.65. The van der Waals surface area contributed by atoms with Crippen molar-refractivity contribution in [2.24, 2.45) is 50.7 Å². The van der Waals surface area contributed by atoms with Crippen LogP contribution in [0.4, 0.5) is 0 Å². The number of aliphatic hydroxyl groups excluding tert-OH is 11. The van der Waals surface area contributed by atoms with E-state index in [0.29, 0.717) is 38.5 Å². The van der Waals surface area contributed by atoms with Crippen LogP contribution in [0.2, 0.25) is 0 Å². The van der Waals surface area contributed by atoms with Gasteiger partial charge in [0.15, 0.2) is 18.9 Å². The molecular formula is C46H78O18. The van der Waals surface area contributed by atoms with Crippen molar-refractivity contribution < 1.29 is 89.7 Å². The van der Waals surface area contributed by atoms with Gasteiger partial charge >= 0.3 is 0 Å². The van der Waals surface area contributed by atoms with E-state index < -0.39 is 122 Å². The highest BCUT2D eigenvalue weighted by atomic mass is 16.8. The summed E-state index contributed by atoms with van der Waals surface area (Å²) in [5, 5.41) is 129. The molecule has 18 nitrogen and oxygen atoms in total. The van der Waals surface area contributed by atoms with E-state index >= 15 is 0 Å². The minimum atomic E-state index is -1.67. The van der Waals surface area contributed by atoms with Gasteiger partial charge in [0, 0.05) is 0 Å². The number of aliphatic hydroxyl groups is 12. The summed E-state index contributed by atoms with van der Waals surface area (Å²) < 4.78 is 37.3. The molecule has 12 N–H and O–H groups in total. The lowest BCUT2D eigenvalue weighted by Crippen LogP contribution is -2.65. The molecule has 0 bridgehead atoms. The van der Waals surface area contributed by atoms with Gasteiger partial charge in [-0.15, -0.1) is 0 Å². The van der Waals surface area contributed by atoms with Crippen molar-refractivity contribution in [3.63, 3.8) is 0 Å². The number of hydrogen-bond acceptors (Lipinski definition) is 18. The van der Waals surface area contributed by atoms with E-state index in [1.807, 2.05) is 0 Å². The van der Waals surface area contributed by atoms with Crippen LogP contribution in [0.3, 0.4) is 0 Å². The SMILES string of the molecule is C[C@H](CC[C@H](O)C(C)(C)O)[C@H]1[C@@H](O)C[C@@]2(C)[C@@H]3C[C@H](O[C@@H]4O[C@H](CO)[C@@H](O)[C@H](O)[C@H]4O)[C@H]4C(C)(C)[C@@H](O[C@@H]5OC[C@@H](O)[C@H](O)[C@H]5O[C@@H]5OC[C@H](O)[C@H](O)[C@H]5O)CC[C@@]45C[C@@]35CC[C@]12C. The molecule has 2 spiro atoms. The monoisotopic (exact) mass is 919 g/mol. The van der Waals surface area contributed by atoms with E-state index in [1.54, 1.807) is 13.8 Å². The highest BCUT2D eigenvalue weighted by Gasteiger charge is 2.85. The van der Waals surface area contributed by atoms with Crippen LogP contribution in [-0.2, 0) is 28.4 Å². The molecular weight excluding hydrogens is 840 g/mol. The van der Waals surface area contributed by atoms with Crippen LogP contribution in [0.25, 0.3) is 0 Å². The van der Waals surface area contributed by atoms with Gasteiger partial charge in [-0.3, -0.25) is 0 Å². The average Bonchev–Trinajstić information content (AvgIpc) is 3.82. The highest BCUT2D eigenvalue weighted by molar-refractivity contribution is 5.33. The quantitative estimate of drug-likeness (QED) is 0.105. The van der Waals surface area contributed by atoms with Gasteiger partial charge in [-0.25, -0.2) is 0 Å². The maximum absolute atomic E-state index is 12.1. The average molecular weight is 919 g/mol. The third-order valence-corrected chi connectivity index (χ3v) is 19.0. The van der Waals surface area contributed by atoms with Crippen molar-refractivity contribution in [2.45, 2.75) is 216 Å². The van der Waals surface area contributed by atoms with Crippen molar-refractivity contribution in [1.82, 2.24) is 0 Å². The lowest BCUT2D eigenvalue weighted by atomic mass is 9.41. The molecule has 18 heteroatoms. The minimum absolute atomic E-state index is 0.0455. The summed E-state index contributed by atoms with van der Waals surface area (Å²) in [6.07, 6.45) is -15.7. The zero-order chi connectivity index (χ0) is 46.9. The Morgan fingerprint density at radius 2 is 1.33 bits per heavy atom. The topological polar surface area (TPSA) is 298 Å². The van der Waals surface area contributed by atoms with Crippen LogP contribution < -0.4 is 0 Å². The predicted molar refractivity (Wildman–Crippen MR) is 222 cm³/mol. The Balaban J connectivity index is 1.10. The molecule has 25 atom stereocenters. The van der Waals surface area contributed by atoms with Crippen molar-refractivity contribution in [1.29, 1.82) is 0 Å². The fourth-order valence-electron chi connectivity index (χ4n) is 15.4. The Hall–Kier alpha value is -0.720. The van der Waals surface area contributed by atoms with Crippen molar-refractivity contribution in [3.8, 4) is 0 Å². The zero-order valence-corrected chi connectivity index (χ0v) is 38.4. The molecule has 0 amide bonds. The Kier molecular flexibility index (Phi) is 13.4. The summed E-state index contributed by atoms with van der Waals surface area (Å²) >= 11 is 0. The maximum atomic E-state index is 12.1. The summed E-state index contributed by atoms with van der Waals surface area (Å²) in [6.45, 7) is 12.9. The highest BCUT2D eigenvalue weighted by Crippen LogP contribution is 2.89. The molecule has 5 aliphatic carbocycles. The fourth-order valence-corrected chi connectivity index (χ4v) is 15.4. The van der Waals surface area contributed by atoms with Gasteiger partial charge in [0.05, 0.1) is 49.8 Å². The van der Waals surface area contributed by atoms with Gasteiger partial charge in [0.2, 0.25) is 0 Å². The van der Waals surface area contributed by atoms with Gasteiger partial charge in [-0.2, -0.15) is 0 Å². The standard InChI is InChI=1S/C46H78O18/c1-20(8-9-27(51)42(4,5)58)29-21(48)15-44(7)26-14-24(61-39-35(57)33(55)32(54)25(16-47)62-39)37-41(2,3)28(10-11-46(37)19-45(26,46)13-12-43(29,44)6)63-40-36(31(53)23(50)18-60-40)64-38-34(56)30(52)22(49)17-59-38/h20-40,47-58H,8-19H2,1-7H3/t20-,21+,22+,23-,24+,25-,26+,27+,28+,29+,30+,31+,32-,33+,34-,35-,36-,37+,38+,39-,40+,43-,44+,45+,46-/m1/s1. The van der Waals surface area contributed by atoms with Crippen molar-refractivity contribution in [3.05, 3.63) is 0 Å². The molecule has 0 aromatic rings. The molecule has 8 aliphatic rings. The number of rotatable bonds is 12. The Bertz CT molecular complexity index is 1650. The number of hydrogen-bond donors (Lipinski definition) is 12. The summed E-state index contributed by atoms with van der Waals surface area (Å²) in [4.78, 5) is 0. The Labute approximate surface area is 375 Å². The smallest absolute Gasteiger partial charge is 0.186 e. The number of fused-ring (bicyclic) bond motifs is 2. The first kappa shape index (κ1) is 49.7. The van der Waals surface area contributed by atoms with Gasteiger partial charge in [-0.1, -0.05) is 34.6 Å². The molecule has 370 valence electrons. The molecule has 0 aromatic heterocycles. The molecule has 8 fully saturated rings. The van der Waals surface area contributed by atoms with Gasteiger partial charge in [0.1, 0.15) is 61.0 Å². The second kappa shape index (κ2) is 17.3. The molecule has 3 saturated heterocycles. The first-order chi connectivity index (χ1) is 29.8. The van der Waals surface area contributed by atoms with Gasteiger partial charge < -0.3 is 89.7 Å². The summed E-state index contributed by atoms with van der Waals surface area (Å²) in [7, 11) is 0. The summed E-state index contributed by atoms with van der Waals surface area (Å²) in [5.74, 6) is -0.226. The molecule has 0 unspecified atom stereocenters.